The van der Waals surface area contributed by atoms with Gasteiger partial charge in [-0.05, 0) is 19.8 Å². The Hall–Kier alpha value is -1.73. The van der Waals surface area contributed by atoms with Crippen molar-refractivity contribution in [2.75, 3.05) is 5.32 Å². The van der Waals surface area contributed by atoms with Gasteiger partial charge in [0.2, 0.25) is 0 Å². The summed E-state index contributed by atoms with van der Waals surface area (Å²) in [6.07, 6.45) is 8.64. The predicted molar refractivity (Wildman–Crippen MR) is 96.1 cm³/mol. The highest BCUT2D eigenvalue weighted by molar-refractivity contribution is 7.17. The number of carbonyl (C=O) groups excluding carboxylic acids is 1. The van der Waals surface area contributed by atoms with Gasteiger partial charge in [0.05, 0.1) is 6.20 Å². The van der Waals surface area contributed by atoms with Gasteiger partial charge < -0.3 is 10.6 Å². The normalized spacial score (nSPS) is 15.8. The minimum Gasteiger partial charge on any atom is -0.347 e. The summed E-state index contributed by atoms with van der Waals surface area (Å²) in [4.78, 5) is 24.9. The molecule has 1 aliphatic rings. The zero-order valence-electron chi connectivity index (χ0n) is 13.5. The number of halogens is 1. The molecule has 0 saturated heterocycles. The Morgan fingerprint density at radius 2 is 2.00 bits per heavy atom. The Morgan fingerprint density at radius 1 is 1.25 bits per heavy atom. The molecule has 3 rings (SSSR count). The van der Waals surface area contributed by atoms with Crippen LogP contribution in [0.2, 0.25) is 5.15 Å². The molecule has 2 aromatic rings. The van der Waals surface area contributed by atoms with Crippen molar-refractivity contribution in [2.24, 2.45) is 0 Å². The van der Waals surface area contributed by atoms with E-state index >= 15 is 0 Å². The zero-order valence-corrected chi connectivity index (χ0v) is 15.1. The first-order valence-electron chi connectivity index (χ1n) is 8.15. The van der Waals surface area contributed by atoms with Crippen molar-refractivity contribution in [1.29, 1.82) is 0 Å². The molecular weight excluding hydrogens is 346 g/mol. The van der Waals surface area contributed by atoms with Crippen molar-refractivity contribution in [2.45, 2.75) is 51.5 Å². The van der Waals surface area contributed by atoms with Gasteiger partial charge in [-0.15, -0.1) is 0 Å². The van der Waals surface area contributed by atoms with E-state index in [1.54, 1.807) is 19.2 Å². The largest absolute Gasteiger partial charge is 0.347 e. The van der Waals surface area contributed by atoms with Crippen LogP contribution in [0.1, 0.15) is 54.2 Å². The molecular formula is C16H20ClN5OS. The first-order chi connectivity index (χ1) is 11.6. The van der Waals surface area contributed by atoms with Gasteiger partial charge in [0.25, 0.3) is 5.91 Å². The third-order valence-electron chi connectivity index (χ3n) is 3.95. The van der Waals surface area contributed by atoms with Crippen molar-refractivity contribution >= 4 is 39.7 Å². The van der Waals surface area contributed by atoms with E-state index in [4.69, 9.17) is 11.6 Å². The van der Waals surface area contributed by atoms with Gasteiger partial charge in [0, 0.05) is 12.1 Å². The molecule has 0 spiro atoms. The molecule has 2 N–H and O–H groups in total. The molecule has 0 unspecified atom stereocenters. The lowest BCUT2D eigenvalue weighted by Crippen LogP contribution is -2.34. The molecule has 2 heterocycles. The maximum absolute atomic E-state index is 12.4. The van der Waals surface area contributed by atoms with E-state index in [-0.39, 0.29) is 11.9 Å². The van der Waals surface area contributed by atoms with E-state index in [2.05, 4.69) is 25.6 Å². The highest BCUT2D eigenvalue weighted by atomic mass is 35.5. The van der Waals surface area contributed by atoms with Crippen LogP contribution in [0.5, 0.6) is 0 Å². The SMILES string of the molecule is Cc1nc(Cl)cc(Nc2cnc(C(=O)NC3CCCCCC3)s2)n1. The first-order valence-corrected chi connectivity index (χ1v) is 9.34. The average molecular weight is 366 g/mol. The van der Waals surface area contributed by atoms with Gasteiger partial charge in [0.1, 0.15) is 21.8 Å². The first kappa shape index (κ1) is 17.1. The van der Waals surface area contributed by atoms with E-state index < -0.39 is 0 Å². The summed E-state index contributed by atoms with van der Waals surface area (Å²) in [6.45, 7) is 1.77. The van der Waals surface area contributed by atoms with E-state index in [0.717, 1.165) is 17.8 Å². The fourth-order valence-electron chi connectivity index (χ4n) is 2.83. The summed E-state index contributed by atoms with van der Waals surface area (Å²) < 4.78 is 0. The van der Waals surface area contributed by atoms with E-state index in [1.165, 1.54) is 37.0 Å². The second-order valence-corrected chi connectivity index (χ2v) is 7.36. The third-order valence-corrected chi connectivity index (χ3v) is 5.05. The van der Waals surface area contributed by atoms with E-state index in [9.17, 15) is 4.79 Å². The molecule has 8 heteroatoms. The summed E-state index contributed by atoms with van der Waals surface area (Å²) >= 11 is 7.23. The topological polar surface area (TPSA) is 79.8 Å². The Kier molecular flexibility index (Phi) is 5.63. The highest BCUT2D eigenvalue weighted by Crippen LogP contribution is 2.24. The smallest absolute Gasteiger partial charge is 0.280 e. The molecule has 0 radical (unpaired) electrons. The third kappa shape index (κ3) is 4.64. The molecule has 24 heavy (non-hydrogen) atoms. The second kappa shape index (κ2) is 7.90. The molecule has 1 fully saturated rings. The lowest BCUT2D eigenvalue weighted by molar-refractivity contribution is 0.0933. The Morgan fingerprint density at radius 3 is 2.71 bits per heavy atom. The fourth-order valence-corrected chi connectivity index (χ4v) is 3.78. The number of anilines is 2. The van der Waals surface area contributed by atoms with Gasteiger partial charge in [-0.2, -0.15) is 0 Å². The number of aryl methyl sites for hydroxylation is 1. The van der Waals surface area contributed by atoms with Crippen molar-refractivity contribution in [3.8, 4) is 0 Å². The molecule has 1 saturated carbocycles. The molecule has 0 aromatic carbocycles. The molecule has 0 bridgehead atoms. The number of hydrogen-bond acceptors (Lipinski definition) is 6. The Balaban J connectivity index is 1.62. The van der Waals surface area contributed by atoms with Gasteiger partial charge in [-0.25, -0.2) is 15.0 Å². The molecule has 1 amide bonds. The summed E-state index contributed by atoms with van der Waals surface area (Å²) in [7, 11) is 0. The van der Waals surface area contributed by atoms with Crippen LogP contribution < -0.4 is 10.6 Å². The molecule has 2 aromatic heterocycles. The lowest BCUT2D eigenvalue weighted by Gasteiger charge is -2.14. The van der Waals surface area contributed by atoms with E-state index in [0.29, 0.717) is 21.8 Å². The quantitative estimate of drug-likeness (QED) is 0.630. The average Bonchev–Trinajstić information content (AvgIpc) is 2.83. The number of nitrogens with one attached hydrogen (secondary N) is 2. The van der Waals surface area contributed by atoms with Gasteiger partial charge in [-0.3, -0.25) is 4.79 Å². The summed E-state index contributed by atoms with van der Waals surface area (Å²) in [6, 6.07) is 1.91. The number of aromatic nitrogens is 3. The van der Waals surface area contributed by atoms with Crippen LogP contribution in [0, 0.1) is 6.92 Å². The zero-order chi connectivity index (χ0) is 16.9. The van der Waals surface area contributed by atoms with Crippen LogP contribution in [0.4, 0.5) is 10.8 Å². The minimum absolute atomic E-state index is 0.100. The molecule has 128 valence electrons. The standard InChI is InChI=1S/C16H20ClN5OS/c1-10-19-12(17)8-13(20-10)22-14-9-18-16(24-14)15(23)21-11-6-4-2-3-5-7-11/h8-9,11H,2-7H2,1H3,(H,21,23)(H,19,20,22). The maximum atomic E-state index is 12.4. The Labute approximate surface area is 150 Å². The molecule has 1 aliphatic carbocycles. The number of amides is 1. The number of hydrogen-bond donors (Lipinski definition) is 2. The molecule has 0 atom stereocenters. The lowest BCUT2D eigenvalue weighted by atomic mass is 10.1. The van der Waals surface area contributed by atoms with Crippen LogP contribution in [0.3, 0.4) is 0 Å². The van der Waals surface area contributed by atoms with Crippen molar-refractivity contribution in [3.05, 3.63) is 28.2 Å². The van der Waals surface area contributed by atoms with Crippen LogP contribution in [0.25, 0.3) is 0 Å². The van der Waals surface area contributed by atoms with Gasteiger partial charge >= 0.3 is 0 Å². The van der Waals surface area contributed by atoms with E-state index in [1.807, 2.05) is 0 Å². The van der Waals surface area contributed by atoms with Crippen molar-refractivity contribution in [3.63, 3.8) is 0 Å². The van der Waals surface area contributed by atoms with Crippen molar-refractivity contribution in [1.82, 2.24) is 20.3 Å². The number of thiazole rings is 1. The maximum Gasteiger partial charge on any atom is 0.280 e. The van der Waals surface area contributed by atoms with Gasteiger partial charge in [-0.1, -0.05) is 48.6 Å². The second-order valence-electron chi connectivity index (χ2n) is 5.94. The monoisotopic (exact) mass is 365 g/mol. The fraction of sp³-hybridized carbons (Fsp3) is 0.500. The predicted octanol–water partition coefficient (Wildman–Crippen LogP) is 4.09. The highest BCUT2D eigenvalue weighted by Gasteiger charge is 2.18. The Bertz CT molecular complexity index is 692. The minimum atomic E-state index is -0.100. The molecule has 6 nitrogen and oxygen atoms in total. The van der Waals surface area contributed by atoms with Crippen LogP contribution in [0.15, 0.2) is 12.3 Å². The van der Waals surface area contributed by atoms with Crippen LogP contribution in [-0.4, -0.2) is 26.9 Å². The van der Waals surface area contributed by atoms with Crippen molar-refractivity contribution < 1.29 is 4.79 Å². The summed E-state index contributed by atoms with van der Waals surface area (Å²) in [5.74, 6) is 1.07. The van der Waals surface area contributed by atoms with Crippen LogP contribution in [-0.2, 0) is 0 Å². The summed E-state index contributed by atoms with van der Waals surface area (Å²) in [5, 5.41) is 7.80. The van der Waals surface area contributed by atoms with Gasteiger partial charge in [0.15, 0.2) is 5.01 Å². The van der Waals surface area contributed by atoms with Crippen LogP contribution >= 0.6 is 22.9 Å². The number of nitrogens with zero attached hydrogens (tertiary/aromatic N) is 3. The number of rotatable bonds is 4. The number of carbonyl (C=O) groups is 1. The molecule has 0 aliphatic heterocycles. The summed E-state index contributed by atoms with van der Waals surface area (Å²) in [5.41, 5.74) is 0.